The minimum atomic E-state index is 0. The number of hydrogen-bond acceptors (Lipinski definition) is 5. The Balaban J connectivity index is 0.00000420. The van der Waals surface area contributed by atoms with Crippen molar-refractivity contribution in [1.29, 1.82) is 0 Å². The summed E-state index contributed by atoms with van der Waals surface area (Å²) in [5, 5.41) is 6.82. The molecule has 162 valence electrons. The van der Waals surface area contributed by atoms with Crippen LogP contribution in [0.1, 0.15) is 22.2 Å². The molecule has 0 aliphatic rings. The molecule has 1 aromatic carbocycles. The Morgan fingerprint density at radius 3 is 2.34 bits per heavy atom. The maximum absolute atomic E-state index is 5.55. The van der Waals surface area contributed by atoms with Crippen LogP contribution in [0.2, 0.25) is 0 Å². The monoisotopic (exact) mass is 533 g/mol. The third-order valence-corrected chi connectivity index (χ3v) is 5.41. The summed E-state index contributed by atoms with van der Waals surface area (Å²) < 4.78 is 16.3. The Hall–Kier alpha value is -1.68. The quantitative estimate of drug-likeness (QED) is 0.290. The Kier molecular flexibility index (Phi) is 11.2. The van der Waals surface area contributed by atoms with E-state index in [1.807, 2.05) is 23.5 Å². The summed E-state index contributed by atoms with van der Waals surface area (Å²) in [7, 11) is 6.66. The average Bonchev–Trinajstić information content (AvgIpc) is 3.10. The fraction of sp³-hybridized carbons (Fsp3) is 0.476. The highest BCUT2D eigenvalue weighted by molar-refractivity contribution is 14.0. The van der Waals surface area contributed by atoms with Crippen molar-refractivity contribution >= 4 is 41.3 Å². The van der Waals surface area contributed by atoms with E-state index in [0.717, 1.165) is 30.9 Å². The van der Waals surface area contributed by atoms with Crippen molar-refractivity contribution in [3.63, 3.8) is 0 Å². The van der Waals surface area contributed by atoms with E-state index in [1.54, 1.807) is 28.4 Å². The lowest BCUT2D eigenvalue weighted by Crippen LogP contribution is -2.43. The number of nitrogens with one attached hydrogen (secondary N) is 2. The number of hydrogen-bond donors (Lipinski definition) is 2. The molecule has 29 heavy (non-hydrogen) atoms. The molecular formula is C21H32IN3O3S. The van der Waals surface area contributed by atoms with E-state index in [-0.39, 0.29) is 24.0 Å². The first-order valence-electron chi connectivity index (χ1n) is 9.32. The zero-order valence-corrected chi connectivity index (χ0v) is 21.1. The molecule has 0 radical (unpaired) electrons. The van der Waals surface area contributed by atoms with E-state index in [2.05, 4.69) is 41.6 Å². The highest BCUT2D eigenvalue weighted by atomic mass is 127. The van der Waals surface area contributed by atoms with Crippen LogP contribution >= 0.6 is 35.3 Å². The Labute approximate surface area is 195 Å². The van der Waals surface area contributed by atoms with Crippen LogP contribution in [0.4, 0.5) is 0 Å². The standard InChI is InChI=1S/C21H31N3O3S.HI/c1-14(13-17-9-7-15(2)28-17)24-21(22-3)23-12-11-16-8-10-18(25-4)20(27-6)19(16)26-5;/h7-10,14H,11-13H2,1-6H3,(H2,22,23,24);1H. The molecule has 0 aliphatic carbocycles. The zero-order chi connectivity index (χ0) is 20.5. The first-order valence-corrected chi connectivity index (χ1v) is 10.1. The minimum absolute atomic E-state index is 0. The number of methoxy groups -OCH3 is 3. The van der Waals surface area contributed by atoms with Gasteiger partial charge in [0.1, 0.15) is 0 Å². The average molecular weight is 533 g/mol. The fourth-order valence-electron chi connectivity index (χ4n) is 3.05. The summed E-state index contributed by atoms with van der Waals surface area (Å²) in [4.78, 5) is 7.05. The third-order valence-electron chi connectivity index (χ3n) is 4.38. The topological polar surface area (TPSA) is 64.1 Å². The Morgan fingerprint density at radius 1 is 1.07 bits per heavy atom. The lowest BCUT2D eigenvalue weighted by atomic mass is 10.1. The highest BCUT2D eigenvalue weighted by Gasteiger charge is 2.15. The Morgan fingerprint density at radius 2 is 1.79 bits per heavy atom. The van der Waals surface area contributed by atoms with E-state index in [9.17, 15) is 0 Å². The third kappa shape index (κ3) is 7.26. The van der Waals surface area contributed by atoms with Crippen LogP contribution < -0.4 is 24.8 Å². The van der Waals surface area contributed by atoms with Gasteiger partial charge in [-0.15, -0.1) is 35.3 Å². The summed E-state index contributed by atoms with van der Waals surface area (Å²) in [6.07, 6.45) is 1.74. The summed E-state index contributed by atoms with van der Waals surface area (Å²) in [6, 6.07) is 8.54. The van der Waals surface area contributed by atoms with Gasteiger partial charge in [-0.2, -0.15) is 0 Å². The van der Waals surface area contributed by atoms with Gasteiger partial charge in [-0.1, -0.05) is 6.07 Å². The number of halogens is 1. The number of rotatable bonds is 9. The number of benzene rings is 1. The second-order valence-electron chi connectivity index (χ2n) is 6.50. The van der Waals surface area contributed by atoms with Crippen molar-refractivity contribution < 1.29 is 14.2 Å². The first-order chi connectivity index (χ1) is 13.5. The van der Waals surface area contributed by atoms with Crippen molar-refractivity contribution in [2.75, 3.05) is 34.9 Å². The van der Waals surface area contributed by atoms with Gasteiger partial charge in [0.15, 0.2) is 17.5 Å². The summed E-state index contributed by atoms with van der Waals surface area (Å²) in [6.45, 7) is 5.02. The number of aryl methyl sites for hydroxylation is 1. The van der Waals surface area contributed by atoms with Crippen molar-refractivity contribution in [1.82, 2.24) is 10.6 Å². The van der Waals surface area contributed by atoms with E-state index >= 15 is 0 Å². The van der Waals surface area contributed by atoms with Crippen LogP contribution in [-0.2, 0) is 12.8 Å². The van der Waals surface area contributed by atoms with Crippen molar-refractivity contribution in [3.05, 3.63) is 39.6 Å². The van der Waals surface area contributed by atoms with Gasteiger partial charge in [0.2, 0.25) is 5.75 Å². The molecule has 1 atom stereocenters. The number of thiophene rings is 1. The summed E-state index contributed by atoms with van der Waals surface area (Å²) >= 11 is 1.84. The van der Waals surface area contributed by atoms with Gasteiger partial charge in [0.05, 0.1) is 21.3 Å². The smallest absolute Gasteiger partial charge is 0.203 e. The van der Waals surface area contributed by atoms with E-state index in [4.69, 9.17) is 14.2 Å². The fourth-order valence-corrected chi connectivity index (χ4v) is 4.07. The molecule has 0 saturated carbocycles. The van der Waals surface area contributed by atoms with Gasteiger partial charge in [-0.05, 0) is 38.5 Å². The van der Waals surface area contributed by atoms with Gasteiger partial charge in [0.25, 0.3) is 0 Å². The molecule has 0 bridgehead atoms. The van der Waals surface area contributed by atoms with Crippen molar-refractivity contribution in [3.8, 4) is 17.2 Å². The molecule has 0 spiro atoms. The second-order valence-corrected chi connectivity index (χ2v) is 7.88. The lowest BCUT2D eigenvalue weighted by Gasteiger charge is -2.19. The normalized spacial score (nSPS) is 12.0. The Bertz CT molecular complexity index is 795. The largest absolute Gasteiger partial charge is 0.493 e. The predicted molar refractivity (Wildman–Crippen MR) is 132 cm³/mol. The number of aliphatic imine (C=N–C) groups is 1. The highest BCUT2D eigenvalue weighted by Crippen LogP contribution is 2.39. The van der Waals surface area contributed by atoms with Crippen LogP contribution in [0.25, 0.3) is 0 Å². The zero-order valence-electron chi connectivity index (χ0n) is 18.0. The van der Waals surface area contributed by atoms with Crippen LogP contribution in [0, 0.1) is 6.92 Å². The molecule has 0 fully saturated rings. The molecule has 6 nitrogen and oxygen atoms in total. The molecule has 1 unspecified atom stereocenters. The molecule has 2 rings (SSSR count). The maximum atomic E-state index is 5.55. The van der Waals surface area contributed by atoms with Gasteiger partial charge < -0.3 is 24.8 Å². The van der Waals surface area contributed by atoms with Crippen LogP contribution in [0.5, 0.6) is 17.2 Å². The molecular weight excluding hydrogens is 501 g/mol. The van der Waals surface area contributed by atoms with Crippen LogP contribution in [-0.4, -0.2) is 46.9 Å². The van der Waals surface area contributed by atoms with Gasteiger partial charge >= 0.3 is 0 Å². The predicted octanol–water partition coefficient (Wildman–Crippen LogP) is 4.04. The molecule has 1 heterocycles. The first kappa shape index (κ1) is 25.4. The van der Waals surface area contributed by atoms with Crippen molar-refractivity contribution in [2.45, 2.75) is 32.7 Å². The molecule has 0 amide bonds. The number of ether oxygens (including phenoxy) is 3. The SMILES string of the molecule is CN=C(NCCc1ccc(OC)c(OC)c1OC)NC(C)Cc1ccc(C)s1.I. The van der Waals surface area contributed by atoms with Gasteiger partial charge in [-0.25, -0.2) is 0 Å². The van der Waals surface area contributed by atoms with Gasteiger partial charge in [-0.3, -0.25) is 4.99 Å². The van der Waals surface area contributed by atoms with Crippen LogP contribution in [0.3, 0.4) is 0 Å². The molecule has 8 heteroatoms. The summed E-state index contributed by atoms with van der Waals surface area (Å²) in [5.74, 6) is 2.77. The molecule has 2 N–H and O–H groups in total. The lowest BCUT2D eigenvalue weighted by molar-refractivity contribution is 0.322. The molecule has 0 saturated heterocycles. The van der Waals surface area contributed by atoms with E-state index in [0.29, 0.717) is 23.3 Å². The maximum Gasteiger partial charge on any atom is 0.203 e. The van der Waals surface area contributed by atoms with Crippen LogP contribution in [0.15, 0.2) is 29.3 Å². The molecule has 1 aromatic heterocycles. The minimum Gasteiger partial charge on any atom is -0.493 e. The molecule has 2 aromatic rings. The molecule has 0 aliphatic heterocycles. The van der Waals surface area contributed by atoms with E-state index < -0.39 is 0 Å². The summed E-state index contributed by atoms with van der Waals surface area (Å²) in [5.41, 5.74) is 1.05. The number of guanidine groups is 1. The van der Waals surface area contributed by atoms with Crippen molar-refractivity contribution in [2.24, 2.45) is 4.99 Å². The van der Waals surface area contributed by atoms with Gasteiger partial charge in [0, 0.05) is 41.4 Å². The second kappa shape index (κ2) is 12.8. The van der Waals surface area contributed by atoms with E-state index in [1.165, 1.54) is 9.75 Å². The number of nitrogens with zero attached hydrogens (tertiary/aromatic N) is 1.